The predicted molar refractivity (Wildman–Crippen MR) is 42.1 cm³/mol. The Morgan fingerprint density at radius 3 is 2.12 bits per heavy atom. The third-order valence-electron chi connectivity index (χ3n) is 1.18. The van der Waals surface area contributed by atoms with Gasteiger partial charge in [-0.2, -0.15) is 0 Å². The predicted octanol–water partition coefficient (Wildman–Crippen LogP) is 3.02. The highest BCUT2D eigenvalue weighted by Crippen LogP contribution is 2.16. The van der Waals surface area contributed by atoms with E-state index in [4.69, 9.17) is 0 Å². The fourth-order valence-electron chi connectivity index (χ4n) is 0.497. The summed E-state index contributed by atoms with van der Waals surface area (Å²) in [5, 5.41) is 0. The van der Waals surface area contributed by atoms with Crippen LogP contribution in [0, 0.1) is 12.3 Å². The van der Waals surface area contributed by atoms with Crippen molar-refractivity contribution in [2.24, 2.45) is 5.92 Å². The van der Waals surface area contributed by atoms with Crippen molar-refractivity contribution < 1.29 is 0 Å². The summed E-state index contributed by atoms with van der Waals surface area (Å²) >= 11 is 3.57. The molecular weight excluding hydrogens is 164 g/mol. The molecule has 0 aliphatic rings. The number of hydrogen-bond acceptors (Lipinski definition) is 0. The van der Waals surface area contributed by atoms with Crippen LogP contribution in [0.5, 0.6) is 0 Å². The molecule has 0 bridgehead atoms. The van der Waals surface area contributed by atoms with Gasteiger partial charge in [-0.3, -0.25) is 0 Å². The van der Waals surface area contributed by atoms with Crippen molar-refractivity contribution in [3.05, 3.63) is 6.42 Å². The van der Waals surface area contributed by atoms with Gasteiger partial charge in [0.25, 0.3) is 0 Å². The van der Waals surface area contributed by atoms with Gasteiger partial charge in [-0.25, -0.2) is 0 Å². The van der Waals surface area contributed by atoms with E-state index < -0.39 is 0 Å². The zero-order chi connectivity index (χ0) is 6.57. The average Bonchev–Trinajstić information content (AvgIpc) is 1.67. The zero-order valence-electron chi connectivity index (χ0n) is 5.82. The maximum Gasteiger partial charge on any atom is 0.0171 e. The SMILES string of the molecule is C[CH]CC(Br)C(C)C. The van der Waals surface area contributed by atoms with E-state index in [0.29, 0.717) is 4.83 Å². The summed E-state index contributed by atoms with van der Waals surface area (Å²) in [5.74, 6) is 0.756. The van der Waals surface area contributed by atoms with Gasteiger partial charge in [-0.15, -0.1) is 0 Å². The van der Waals surface area contributed by atoms with Crippen molar-refractivity contribution in [1.82, 2.24) is 0 Å². The summed E-state index contributed by atoms with van der Waals surface area (Å²) in [6.07, 6.45) is 3.37. The molecule has 0 aromatic heterocycles. The normalized spacial score (nSPS) is 14.6. The fourth-order valence-corrected chi connectivity index (χ4v) is 0.871. The number of halogens is 1. The number of rotatable bonds is 3. The van der Waals surface area contributed by atoms with Crippen molar-refractivity contribution in [2.75, 3.05) is 0 Å². The van der Waals surface area contributed by atoms with Crippen molar-refractivity contribution in [2.45, 2.75) is 32.0 Å². The van der Waals surface area contributed by atoms with E-state index in [2.05, 4.69) is 43.1 Å². The molecule has 49 valence electrons. The average molecular weight is 178 g/mol. The minimum atomic E-state index is 0.674. The lowest BCUT2D eigenvalue weighted by Gasteiger charge is -2.10. The molecule has 0 aromatic rings. The topological polar surface area (TPSA) is 0 Å². The van der Waals surface area contributed by atoms with E-state index in [1.807, 2.05) is 0 Å². The lowest BCUT2D eigenvalue weighted by atomic mass is 10.1. The van der Waals surface area contributed by atoms with E-state index in [9.17, 15) is 0 Å². The van der Waals surface area contributed by atoms with E-state index >= 15 is 0 Å². The molecule has 0 rings (SSSR count). The maximum absolute atomic E-state index is 3.57. The van der Waals surface area contributed by atoms with Crippen LogP contribution >= 0.6 is 15.9 Å². The molecule has 1 heteroatoms. The summed E-state index contributed by atoms with van der Waals surface area (Å²) < 4.78 is 0. The van der Waals surface area contributed by atoms with Gasteiger partial charge in [0.2, 0.25) is 0 Å². The summed E-state index contributed by atoms with van der Waals surface area (Å²) in [5.41, 5.74) is 0. The van der Waals surface area contributed by atoms with Gasteiger partial charge >= 0.3 is 0 Å². The molecule has 0 saturated heterocycles. The second kappa shape index (κ2) is 4.37. The quantitative estimate of drug-likeness (QED) is 0.582. The molecule has 0 fully saturated rings. The van der Waals surface area contributed by atoms with Crippen LogP contribution < -0.4 is 0 Å². The Morgan fingerprint density at radius 1 is 1.50 bits per heavy atom. The molecule has 0 N–H and O–H groups in total. The van der Waals surface area contributed by atoms with Crippen LogP contribution in [0.25, 0.3) is 0 Å². The molecular formula is C7H14Br. The Labute approximate surface area is 60.8 Å². The molecule has 0 aliphatic heterocycles. The first kappa shape index (κ1) is 8.48. The van der Waals surface area contributed by atoms with Crippen molar-refractivity contribution >= 4 is 15.9 Å². The van der Waals surface area contributed by atoms with Gasteiger partial charge in [-0.1, -0.05) is 36.7 Å². The molecule has 0 saturated carbocycles. The Kier molecular flexibility index (Phi) is 4.63. The maximum atomic E-state index is 3.57. The highest BCUT2D eigenvalue weighted by Gasteiger charge is 2.05. The van der Waals surface area contributed by atoms with E-state index in [1.165, 1.54) is 6.42 Å². The largest absolute Gasteiger partial charge is 0.0888 e. The minimum Gasteiger partial charge on any atom is -0.0888 e. The van der Waals surface area contributed by atoms with Crippen LogP contribution in [-0.4, -0.2) is 4.83 Å². The molecule has 0 heterocycles. The van der Waals surface area contributed by atoms with Gasteiger partial charge in [0.15, 0.2) is 0 Å². The highest BCUT2D eigenvalue weighted by molar-refractivity contribution is 9.09. The van der Waals surface area contributed by atoms with Gasteiger partial charge in [0, 0.05) is 4.83 Å². The molecule has 8 heavy (non-hydrogen) atoms. The first-order valence-electron chi connectivity index (χ1n) is 3.10. The molecule has 0 spiro atoms. The molecule has 0 aromatic carbocycles. The van der Waals surface area contributed by atoms with Gasteiger partial charge in [0.1, 0.15) is 0 Å². The van der Waals surface area contributed by atoms with Crippen LogP contribution in [0.1, 0.15) is 27.2 Å². The van der Waals surface area contributed by atoms with Crippen molar-refractivity contribution in [3.8, 4) is 0 Å². The first-order valence-corrected chi connectivity index (χ1v) is 4.02. The number of alkyl halides is 1. The van der Waals surface area contributed by atoms with Crippen molar-refractivity contribution in [3.63, 3.8) is 0 Å². The molecule has 0 nitrogen and oxygen atoms in total. The summed E-state index contributed by atoms with van der Waals surface area (Å²) in [6, 6.07) is 0. The molecule has 0 amide bonds. The van der Waals surface area contributed by atoms with Gasteiger partial charge < -0.3 is 0 Å². The van der Waals surface area contributed by atoms with E-state index in [1.54, 1.807) is 0 Å². The second-order valence-corrected chi connectivity index (χ2v) is 3.58. The Hall–Kier alpha value is 0.480. The lowest BCUT2D eigenvalue weighted by Crippen LogP contribution is -2.05. The van der Waals surface area contributed by atoms with Crippen LogP contribution in [0.4, 0.5) is 0 Å². The van der Waals surface area contributed by atoms with Crippen LogP contribution in [0.3, 0.4) is 0 Å². The summed E-state index contributed by atoms with van der Waals surface area (Å²) in [7, 11) is 0. The van der Waals surface area contributed by atoms with Crippen molar-refractivity contribution in [1.29, 1.82) is 0 Å². The highest BCUT2D eigenvalue weighted by atomic mass is 79.9. The van der Waals surface area contributed by atoms with Crippen LogP contribution in [0.15, 0.2) is 0 Å². The minimum absolute atomic E-state index is 0.674. The van der Waals surface area contributed by atoms with E-state index in [-0.39, 0.29) is 0 Å². The molecule has 1 atom stereocenters. The second-order valence-electron chi connectivity index (χ2n) is 2.40. The molecule has 1 unspecified atom stereocenters. The Bertz CT molecular complexity index is 50.3. The standard InChI is InChI=1S/C7H14Br/c1-4-5-7(8)6(2)3/h4,6-7H,5H2,1-3H3. The van der Waals surface area contributed by atoms with Gasteiger partial charge in [0.05, 0.1) is 0 Å². The fraction of sp³-hybridized carbons (Fsp3) is 0.857. The lowest BCUT2D eigenvalue weighted by molar-refractivity contribution is 0.609. The third-order valence-corrected chi connectivity index (χ3v) is 2.62. The van der Waals surface area contributed by atoms with E-state index in [0.717, 1.165) is 5.92 Å². The molecule has 1 radical (unpaired) electrons. The summed E-state index contributed by atoms with van der Waals surface area (Å²) in [4.78, 5) is 0.674. The molecule has 0 aliphatic carbocycles. The van der Waals surface area contributed by atoms with Crippen LogP contribution in [-0.2, 0) is 0 Å². The third kappa shape index (κ3) is 3.48. The monoisotopic (exact) mass is 177 g/mol. The smallest absolute Gasteiger partial charge is 0.0171 e. The Balaban J connectivity index is 3.17. The summed E-state index contributed by atoms with van der Waals surface area (Å²) in [6.45, 7) is 6.54. The Morgan fingerprint density at radius 2 is 2.00 bits per heavy atom. The number of hydrogen-bond donors (Lipinski definition) is 0. The van der Waals surface area contributed by atoms with Crippen LogP contribution in [0.2, 0.25) is 0 Å². The van der Waals surface area contributed by atoms with Gasteiger partial charge in [-0.05, 0) is 18.8 Å². The zero-order valence-corrected chi connectivity index (χ0v) is 7.40. The first-order chi connectivity index (χ1) is 3.68.